The Balaban J connectivity index is 1.61. The van der Waals surface area contributed by atoms with Crippen LogP contribution in [0.1, 0.15) is 32.9 Å². The maximum absolute atomic E-state index is 13.6. The Labute approximate surface area is 182 Å². The van der Waals surface area contributed by atoms with Crippen molar-refractivity contribution >= 4 is 39.1 Å². The molecule has 0 radical (unpaired) electrons. The van der Waals surface area contributed by atoms with E-state index in [9.17, 15) is 9.59 Å². The molecule has 3 aromatic heterocycles. The average Bonchev–Trinajstić information content (AvgIpc) is 3.43. The van der Waals surface area contributed by atoms with Gasteiger partial charge in [0.15, 0.2) is 10.9 Å². The number of Topliss-reactive ketones (excluding diaryl/α,β-unsaturated/α-hetero) is 1. The molecule has 1 aromatic carbocycles. The van der Waals surface area contributed by atoms with Gasteiger partial charge in [-0.3, -0.25) is 14.2 Å². The third kappa shape index (κ3) is 3.22. The highest BCUT2D eigenvalue weighted by molar-refractivity contribution is 7.99. The van der Waals surface area contributed by atoms with Crippen LogP contribution >= 0.6 is 23.1 Å². The molecule has 4 aromatic rings. The lowest BCUT2D eigenvalue weighted by molar-refractivity contribution is 0.101. The van der Waals surface area contributed by atoms with Gasteiger partial charge >= 0.3 is 0 Å². The highest BCUT2D eigenvalue weighted by Crippen LogP contribution is 2.36. The van der Waals surface area contributed by atoms with Crippen LogP contribution in [0, 0.1) is 6.92 Å². The number of thiophene rings is 1. The monoisotopic (exact) mass is 435 g/mol. The van der Waals surface area contributed by atoms with E-state index in [1.807, 2.05) is 61.1 Å². The van der Waals surface area contributed by atoms with E-state index in [-0.39, 0.29) is 17.1 Å². The van der Waals surface area contributed by atoms with Crippen LogP contribution in [-0.4, -0.2) is 25.7 Å². The third-order valence-electron chi connectivity index (χ3n) is 5.56. The average molecular weight is 436 g/mol. The van der Waals surface area contributed by atoms with Crippen molar-refractivity contribution in [1.29, 1.82) is 0 Å². The molecule has 5 nitrogen and oxygen atoms in total. The smallest absolute Gasteiger partial charge is 0.267 e. The largest absolute Gasteiger partial charge is 0.348 e. The molecule has 1 aliphatic carbocycles. The van der Waals surface area contributed by atoms with E-state index < -0.39 is 0 Å². The number of carbonyl (C=O) groups is 1. The van der Waals surface area contributed by atoms with Crippen molar-refractivity contribution in [1.82, 2.24) is 14.1 Å². The number of carbonyl (C=O) groups excluding carboxylic acids is 1. The number of aryl methyl sites for hydroxylation is 4. The van der Waals surface area contributed by atoms with Gasteiger partial charge in [0, 0.05) is 18.1 Å². The summed E-state index contributed by atoms with van der Waals surface area (Å²) >= 11 is 2.96. The molecule has 1 aliphatic rings. The summed E-state index contributed by atoms with van der Waals surface area (Å²) < 4.78 is 3.49. The first-order chi connectivity index (χ1) is 14.5. The van der Waals surface area contributed by atoms with Crippen LogP contribution in [0.3, 0.4) is 0 Å². The second kappa shape index (κ2) is 7.56. The minimum absolute atomic E-state index is 0.0194. The first kappa shape index (κ1) is 19.3. The molecule has 0 aliphatic heterocycles. The van der Waals surface area contributed by atoms with E-state index in [2.05, 4.69) is 0 Å². The molecule has 0 N–H and O–H groups in total. The van der Waals surface area contributed by atoms with Gasteiger partial charge in [0.2, 0.25) is 0 Å². The molecule has 0 saturated heterocycles. The van der Waals surface area contributed by atoms with Crippen LogP contribution in [0.5, 0.6) is 0 Å². The van der Waals surface area contributed by atoms with Gasteiger partial charge in [0.25, 0.3) is 5.56 Å². The number of ketones is 1. The molecule has 0 fully saturated rings. The lowest BCUT2D eigenvalue weighted by Crippen LogP contribution is -2.22. The fraction of sp³-hybridized carbons (Fsp3) is 0.261. The first-order valence-electron chi connectivity index (χ1n) is 9.94. The Morgan fingerprint density at radius 1 is 1.20 bits per heavy atom. The zero-order chi connectivity index (χ0) is 20.8. The molecule has 3 heterocycles. The second-order valence-electron chi connectivity index (χ2n) is 7.62. The predicted molar refractivity (Wildman–Crippen MR) is 122 cm³/mol. The van der Waals surface area contributed by atoms with Crippen molar-refractivity contribution in [3.8, 4) is 5.69 Å². The van der Waals surface area contributed by atoms with E-state index in [1.54, 1.807) is 15.9 Å². The van der Waals surface area contributed by atoms with Gasteiger partial charge in [0.1, 0.15) is 4.83 Å². The van der Waals surface area contributed by atoms with Gasteiger partial charge in [-0.25, -0.2) is 4.98 Å². The van der Waals surface area contributed by atoms with Crippen LogP contribution in [-0.2, 0) is 19.9 Å². The number of thioether (sulfide) groups is 1. The molecule has 0 saturated carbocycles. The molecule has 0 unspecified atom stereocenters. The summed E-state index contributed by atoms with van der Waals surface area (Å²) in [7, 11) is 1.86. The van der Waals surface area contributed by atoms with Crippen LogP contribution in [0.15, 0.2) is 52.5 Å². The summed E-state index contributed by atoms with van der Waals surface area (Å²) in [6, 6.07) is 11.6. The minimum atomic E-state index is -0.0305. The Hall–Kier alpha value is -2.64. The summed E-state index contributed by atoms with van der Waals surface area (Å²) in [5, 5.41) is 1.32. The summed E-state index contributed by atoms with van der Waals surface area (Å²) in [6.07, 6.45) is 4.92. The summed E-state index contributed by atoms with van der Waals surface area (Å²) in [6.45, 7) is 2.02. The molecule has 5 rings (SSSR count). The Kier molecular flexibility index (Phi) is 4.87. The highest BCUT2D eigenvalue weighted by Gasteiger charge is 2.24. The minimum Gasteiger partial charge on any atom is -0.348 e. The molecular formula is C23H21N3O2S2. The van der Waals surface area contributed by atoms with E-state index in [0.717, 1.165) is 40.7 Å². The number of fused-ring (bicyclic) bond motifs is 3. The van der Waals surface area contributed by atoms with Gasteiger partial charge in [-0.15, -0.1) is 11.3 Å². The fourth-order valence-corrected chi connectivity index (χ4v) is 6.19. The summed E-state index contributed by atoms with van der Waals surface area (Å²) in [5.74, 6) is 0.248. The van der Waals surface area contributed by atoms with E-state index in [1.165, 1.54) is 22.2 Å². The Bertz CT molecular complexity index is 1330. The van der Waals surface area contributed by atoms with Crippen LogP contribution < -0.4 is 5.56 Å². The molecule has 30 heavy (non-hydrogen) atoms. The number of aromatic nitrogens is 3. The van der Waals surface area contributed by atoms with Gasteiger partial charge in [-0.2, -0.15) is 0 Å². The lowest BCUT2D eigenvalue weighted by atomic mass is 10.2. The second-order valence-corrected chi connectivity index (χ2v) is 9.65. The number of rotatable bonds is 5. The van der Waals surface area contributed by atoms with Crippen molar-refractivity contribution in [3.63, 3.8) is 0 Å². The Morgan fingerprint density at radius 2 is 2.00 bits per heavy atom. The topological polar surface area (TPSA) is 56.9 Å². The molecule has 0 spiro atoms. The van der Waals surface area contributed by atoms with E-state index >= 15 is 0 Å². The van der Waals surface area contributed by atoms with Crippen molar-refractivity contribution < 1.29 is 4.79 Å². The molecule has 7 heteroatoms. The van der Waals surface area contributed by atoms with Crippen LogP contribution in [0.2, 0.25) is 0 Å². The Morgan fingerprint density at radius 3 is 2.73 bits per heavy atom. The van der Waals surface area contributed by atoms with Crippen molar-refractivity contribution in [2.24, 2.45) is 7.05 Å². The third-order valence-corrected chi connectivity index (χ3v) is 7.69. The lowest BCUT2D eigenvalue weighted by Gasteiger charge is -2.13. The summed E-state index contributed by atoms with van der Waals surface area (Å²) in [5.41, 5.74) is 3.71. The van der Waals surface area contributed by atoms with Crippen LogP contribution in [0.4, 0.5) is 0 Å². The van der Waals surface area contributed by atoms with E-state index in [4.69, 9.17) is 4.98 Å². The highest BCUT2D eigenvalue weighted by atomic mass is 32.2. The zero-order valence-corrected chi connectivity index (χ0v) is 18.5. The number of hydrogen-bond donors (Lipinski definition) is 0. The fourth-order valence-electron chi connectivity index (χ4n) is 4.00. The molecule has 0 amide bonds. The number of benzene rings is 1. The maximum atomic E-state index is 13.6. The van der Waals surface area contributed by atoms with Crippen molar-refractivity contribution in [2.75, 3.05) is 5.75 Å². The SMILES string of the molecule is Cc1ccc(-n2c(SCC(=O)c3cccn3C)nc3sc4c(c3c2=O)CCC4)cc1. The molecular weight excluding hydrogens is 414 g/mol. The van der Waals surface area contributed by atoms with Crippen LogP contribution in [0.25, 0.3) is 15.9 Å². The zero-order valence-electron chi connectivity index (χ0n) is 16.8. The normalized spacial score (nSPS) is 13.1. The first-order valence-corrected chi connectivity index (χ1v) is 11.7. The van der Waals surface area contributed by atoms with Gasteiger partial charge < -0.3 is 4.57 Å². The standard InChI is InChI=1S/C23H21N3O2S2/c1-14-8-10-15(11-9-14)26-22(28)20-16-5-3-7-19(16)30-21(20)24-23(26)29-13-18(27)17-6-4-12-25(17)2/h4,6,8-12H,3,5,7,13H2,1-2H3. The van der Waals surface area contributed by atoms with E-state index in [0.29, 0.717) is 10.9 Å². The number of nitrogens with zero attached hydrogens (tertiary/aromatic N) is 3. The summed E-state index contributed by atoms with van der Waals surface area (Å²) in [4.78, 5) is 33.2. The quantitative estimate of drug-likeness (QED) is 0.262. The molecule has 0 bridgehead atoms. The van der Waals surface area contributed by atoms with Gasteiger partial charge in [-0.1, -0.05) is 29.5 Å². The molecule has 152 valence electrons. The van der Waals surface area contributed by atoms with Gasteiger partial charge in [-0.05, 0) is 56.0 Å². The number of hydrogen-bond acceptors (Lipinski definition) is 5. The molecule has 0 atom stereocenters. The van der Waals surface area contributed by atoms with Gasteiger partial charge in [0.05, 0.1) is 22.5 Å². The predicted octanol–water partition coefficient (Wildman–Crippen LogP) is 4.56. The van der Waals surface area contributed by atoms with Crippen molar-refractivity contribution in [3.05, 3.63) is 74.6 Å². The van der Waals surface area contributed by atoms with Crippen molar-refractivity contribution in [2.45, 2.75) is 31.3 Å². The maximum Gasteiger partial charge on any atom is 0.267 e.